The molecular weight excluding hydrogens is 422 g/mol. The number of hydrogen-bond acceptors (Lipinski definition) is 7. The van der Waals surface area contributed by atoms with Crippen molar-refractivity contribution in [2.45, 2.75) is 6.54 Å². The van der Waals surface area contributed by atoms with Crippen LogP contribution in [0.1, 0.15) is 0 Å². The van der Waals surface area contributed by atoms with Crippen LogP contribution in [0, 0.1) is 10.1 Å². The Balaban J connectivity index is 1.38. The number of hydrogen-bond donors (Lipinski definition) is 2. The SMILES string of the molecule is O=C(Cn1c(=O)oc2cc([N+](=O)[O-])ccc21)Nc1ccc2nc(-c3cccs3)[nH]c2c1. The molecule has 2 N–H and O–H groups in total. The number of aromatic amines is 1. The van der Waals surface area contributed by atoms with Gasteiger partial charge >= 0.3 is 5.76 Å². The normalized spacial score (nSPS) is 11.2. The lowest BCUT2D eigenvalue weighted by atomic mass is 10.2. The van der Waals surface area contributed by atoms with E-state index in [1.54, 1.807) is 29.5 Å². The van der Waals surface area contributed by atoms with E-state index in [0.29, 0.717) is 11.2 Å². The summed E-state index contributed by atoms with van der Waals surface area (Å²) in [6.45, 7) is -0.300. The molecule has 0 aliphatic rings. The van der Waals surface area contributed by atoms with Gasteiger partial charge in [0, 0.05) is 11.8 Å². The minimum Gasteiger partial charge on any atom is -0.407 e. The van der Waals surface area contributed by atoms with Crippen molar-refractivity contribution in [1.29, 1.82) is 0 Å². The highest BCUT2D eigenvalue weighted by Crippen LogP contribution is 2.26. The van der Waals surface area contributed by atoms with Gasteiger partial charge in [-0.3, -0.25) is 19.5 Å². The fraction of sp³-hybridized carbons (Fsp3) is 0.0500. The second-order valence-corrected chi connectivity index (χ2v) is 7.65. The quantitative estimate of drug-likeness (QED) is 0.319. The van der Waals surface area contributed by atoms with E-state index in [9.17, 15) is 19.7 Å². The molecule has 0 unspecified atom stereocenters. The zero-order valence-corrected chi connectivity index (χ0v) is 16.5. The monoisotopic (exact) mass is 435 g/mol. The predicted molar refractivity (Wildman–Crippen MR) is 115 cm³/mol. The summed E-state index contributed by atoms with van der Waals surface area (Å²) in [6, 6.07) is 13.0. The lowest BCUT2D eigenvalue weighted by Gasteiger charge is -2.05. The van der Waals surface area contributed by atoms with Crippen LogP contribution in [0.2, 0.25) is 0 Å². The number of thiophene rings is 1. The van der Waals surface area contributed by atoms with Crippen molar-refractivity contribution in [2.24, 2.45) is 0 Å². The third-order valence-electron chi connectivity index (χ3n) is 4.68. The van der Waals surface area contributed by atoms with Gasteiger partial charge in [-0.2, -0.15) is 0 Å². The van der Waals surface area contributed by atoms with Gasteiger partial charge in [-0.05, 0) is 35.7 Å². The number of nitrogens with zero attached hydrogens (tertiary/aromatic N) is 3. The molecule has 0 saturated carbocycles. The molecule has 0 bridgehead atoms. The number of oxazole rings is 1. The number of amides is 1. The van der Waals surface area contributed by atoms with Crippen molar-refractivity contribution >= 4 is 50.8 Å². The van der Waals surface area contributed by atoms with Crippen molar-refractivity contribution in [1.82, 2.24) is 14.5 Å². The van der Waals surface area contributed by atoms with Crippen molar-refractivity contribution in [3.05, 3.63) is 74.6 Å². The highest BCUT2D eigenvalue weighted by Gasteiger charge is 2.16. The van der Waals surface area contributed by atoms with E-state index in [1.807, 2.05) is 17.5 Å². The van der Waals surface area contributed by atoms with Crippen LogP contribution in [-0.4, -0.2) is 25.4 Å². The van der Waals surface area contributed by atoms with Crippen LogP contribution in [-0.2, 0) is 11.3 Å². The molecule has 154 valence electrons. The van der Waals surface area contributed by atoms with Crippen molar-refractivity contribution in [3.8, 4) is 10.7 Å². The number of aromatic nitrogens is 3. The van der Waals surface area contributed by atoms with Gasteiger partial charge in [0.25, 0.3) is 5.69 Å². The number of carbonyl (C=O) groups is 1. The van der Waals surface area contributed by atoms with Crippen molar-refractivity contribution in [2.75, 3.05) is 5.32 Å². The lowest BCUT2D eigenvalue weighted by molar-refractivity contribution is -0.384. The van der Waals surface area contributed by atoms with Crippen molar-refractivity contribution < 1.29 is 14.1 Å². The molecule has 11 heteroatoms. The highest BCUT2D eigenvalue weighted by atomic mass is 32.1. The molecule has 5 rings (SSSR count). The summed E-state index contributed by atoms with van der Waals surface area (Å²) in [5, 5.41) is 15.6. The molecule has 0 fully saturated rings. The van der Waals surface area contributed by atoms with Crippen LogP contribution in [0.5, 0.6) is 0 Å². The molecule has 3 aromatic heterocycles. The maximum absolute atomic E-state index is 12.5. The minimum atomic E-state index is -0.768. The average molecular weight is 435 g/mol. The summed E-state index contributed by atoms with van der Waals surface area (Å²) in [7, 11) is 0. The molecule has 5 aromatic rings. The number of rotatable bonds is 5. The Bertz CT molecular complexity index is 1510. The highest BCUT2D eigenvalue weighted by molar-refractivity contribution is 7.13. The van der Waals surface area contributed by atoms with E-state index in [1.165, 1.54) is 12.1 Å². The van der Waals surface area contributed by atoms with Crippen LogP contribution in [0.4, 0.5) is 11.4 Å². The number of H-pyrrole nitrogens is 1. The van der Waals surface area contributed by atoms with Crippen LogP contribution in [0.3, 0.4) is 0 Å². The first kappa shape index (κ1) is 18.8. The molecular formula is C20H13N5O5S. The molecule has 0 atom stereocenters. The van der Waals surface area contributed by atoms with Gasteiger partial charge in [-0.1, -0.05) is 6.07 Å². The zero-order chi connectivity index (χ0) is 21.5. The summed E-state index contributed by atoms with van der Waals surface area (Å²) >= 11 is 1.57. The Morgan fingerprint density at radius 2 is 2.13 bits per heavy atom. The fourth-order valence-corrected chi connectivity index (χ4v) is 3.95. The summed E-state index contributed by atoms with van der Waals surface area (Å²) in [4.78, 5) is 43.7. The molecule has 10 nitrogen and oxygen atoms in total. The second-order valence-electron chi connectivity index (χ2n) is 6.71. The molecule has 0 radical (unpaired) electrons. The van der Waals surface area contributed by atoms with Crippen LogP contribution in [0.25, 0.3) is 32.8 Å². The van der Waals surface area contributed by atoms with E-state index in [2.05, 4.69) is 15.3 Å². The van der Waals surface area contributed by atoms with Gasteiger partial charge in [0.1, 0.15) is 12.4 Å². The summed E-state index contributed by atoms with van der Waals surface area (Å²) in [6.07, 6.45) is 0. The van der Waals surface area contributed by atoms with Gasteiger partial charge in [0.2, 0.25) is 5.91 Å². The number of carbonyl (C=O) groups excluding carboxylic acids is 1. The predicted octanol–water partition coefficient (Wildman–Crippen LogP) is 3.75. The van der Waals surface area contributed by atoms with Crippen LogP contribution in [0.15, 0.2) is 63.1 Å². The Kier molecular flexibility index (Phi) is 4.37. The molecule has 1 amide bonds. The van der Waals surface area contributed by atoms with Crippen LogP contribution < -0.4 is 11.1 Å². The van der Waals surface area contributed by atoms with E-state index < -0.39 is 16.6 Å². The summed E-state index contributed by atoms with van der Waals surface area (Å²) < 4.78 is 6.17. The summed E-state index contributed by atoms with van der Waals surface area (Å²) in [5.74, 6) is -0.463. The van der Waals surface area contributed by atoms with Crippen LogP contribution >= 0.6 is 11.3 Å². The second kappa shape index (κ2) is 7.22. The first-order chi connectivity index (χ1) is 15.0. The molecule has 0 spiro atoms. The molecule has 2 aromatic carbocycles. The third kappa shape index (κ3) is 3.46. The number of benzene rings is 2. The maximum atomic E-state index is 12.5. The smallest absolute Gasteiger partial charge is 0.407 e. The number of nitrogens with one attached hydrogen (secondary N) is 2. The van der Waals surface area contributed by atoms with Gasteiger partial charge < -0.3 is 14.7 Å². The Morgan fingerprint density at radius 1 is 1.26 bits per heavy atom. The number of non-ortho nitro benzene ring substituents is 1. The number of anilines is 1. The zero-order valence-electron chi connectivity index (χ0n) is 15.7. The molecule has 31 heavy (non-hydrogen) atoms. The van der Waals surface area contributed by atoms with E-state index in [-0.39, 0.29) is 17.8 Å². The van der Waals surface area contributed by atoms with Gasteiger partial charge in [0.05, 0.1) is 32.4 Å². The lowest BCUT2D eigenvalue weighted by Crippen LogP contribution is -2.24. The molecule has 0 aliphatic heterocycles. The van der Waals surface area contributed by atoms with E-state index in [4.69, 9.17) is 4.42 Å². The van der Waals surface area contributed by atoms with Crippen molar-refractivity contribution in [3.63, 3.8) is 0 Å². The minimum absolute atomic E-state index is 0.0481. The Labute approximate surface area is 176 Å². The fourth-order valence-electron chi connectivity index (χ4n) is 3.28. The maximum Gasteiger partial charge on any atom is 0.420 e. The standard InChI is InChI=1S/C20H13N5O5S/c26-18(10-24-15-6-4-12(25(28)29)9-16(15)30-20(24)27)21-11-3-5-13-14(8-11)23-19(22-13)17-2-1-7-31-17/h1-9H,10H2,(H,21,26)(H,22,23). The number of nitro benzene ring substituents is 1. The number of imidazole rings is 1. The average Bonchev–Trinajstić information content (AvgIpc) is 3.46. The van der Waals surface area contributed by atoms with Gasteiger partial charge in [0.15, 0.2) is 5.58 Å². The first-order valence-corrected chi connectivity index (χ1v) is 9.97. The third-order valence-corrected chi connectivity index (χ3v) is 5.56. The van der Waals surface area contributed by atoms with E-state index >= 15 is 0 Å². The first-order valence-electron chi connectivity index (χ1n) is 9.09. The largest absolute Gasteiger partial charge is 0.420 e. The number of nitro groups is 1. The Hall–Kier alpha value is -4.25. The summed E-state index contributed by atoms with van der Waals surface area (Å²) in [5.41, 5.74) is 2.21. The topological polar surface area (TPSA) is 136 Å². The van der Waals surface area contributed by atoms with Gasteiger partial charge in [-0.15, -0.1) is 11.3 Å². The number of fused-ring (bicyclic) bond motifs is 2. The molecule has 0 aliphatic carbocycles. The Morgan fingerprint density at radius 3 is 2.90 bits per heavy atom. The van der Waals surface area contributed by atoms with E-state index in [0.717, 1.165) is 32.4 Å². The molecule has 3 heterocycles. The van der Waals surface area contributed by atoms with Gasteiger partial charge in [-0.25, -0.2) is 9.78 Å². The molecule has 0 saturated heterocycles.